The maximum Gasteiger partial charge on any atom is 0.269 e. The molecule has 8 nitrogen and oxygen atoms in total. The summed E-state index contributed by atoms with van der Waals surface area (Å²) in [7, 11) is 1.63. The molecule has 0 aliphatic carbocycles. The summed E-state index contributed by atoms with van der Waals surface area (Å²) in [6.45, 7) is 2.10. The number of hydrogen-bond acceptors (Lipinski definition) is 6. The van der Waals surface area contributed by atoms with E-state index in [1.807, 2.05) is 24.3 Å². The molecular formula is C27H27FN4O4. The van der Waals surface area contributed by atoms with Gasteiger partial charge in [-0.15, -0.1) is 0 Å². The fourth-order valence-electron chi connectivity index (χ4n) is 5.21. The fraction of sp³-hybridized carbons (Fsp3) is 0.296. The summed E-state index contributed by atoms with van der Waals surface area (Å²) >= 11 is 0. The van der Waals surface area contributed by atoms with Crippen molar-refractivity contribution in [2.45, 2.75) is 19.0 Å². The van der Waals surface area contributed by atoms with Crippen LogP contribution in [0.2, 0.25) is 0 Å². The molecule has 1 fully saturated rings. The van der Waals surface area contributed by atoms with Gasteiger partial charge < -0.3 is 19.9 Å². The second-order valence-electron chi connectivity index (χ2n) is 9.09. The molecule has 2 heterocycles. The first-order chi connectivity index (χ1) is 17.4. The number of piperazine rings is 1. The third-order valence-electron chi connectivity index (χ3n) is 7.09. The quantitative estimate of drug-likeness (QED) is 0.416. The number of hydrogen-bond donors (Lipinski definition) is 1. The van der Waals surface area contributed by atoms with Crippen molar-refractivity contribution < 1.29 is 18.8 Å². The van der Waals surface area contributed by atoms with Gasteiger partial charge in [-0.25, -0.2) is 4.39 Å². The SMILES string of the molecule is COc1ccc(N2CCN3c4ccc([N+](=O)[O-])cc4C[C@H](C(=O)NCc4ccccc4F)[C@@H]3C2)cc1. The standard InChI is InChI=1S/C27H27FN4O4/c1-36-22-9-6-20(7-10-22)30-12-13-31-25-11-8-21(32(34)35)14-19(25)15-23(26(31)17-30)27(33)29-16-18-4-2-3-5-24(18)28/h2-11,14,23,26H,12-13,15-17H2,1H3,(H,29,33)/t23-,26-/m0/s1. The number of carbonyl (C=O) groups excluding carboxylic acids is 1. The number of nitro groups is 1. The van der Waals surface area contributed by atoms with Crippen LogP contribution in [0.25, 0.3) is 0 Å². The molecule has 186 valence electrons. The molecular weight excluding hydrogens is 463 g/mol. The number of amides is 1. The van der Waals surface area contributed by atoms with Crippen LogP contribution in [0.15, 0.2) is 66.7 Å². The number of ether oxygens (including phenoxy) is 1. The number of halogens is 1. The van der Waals surface area contributed by atoms with Gasteiger partial charge in [0.2, 0.25) is 5.91 Å². The monoisotopic (exact) mass is 490 g/mol. The number of benzene rings is 3. The number of carbonyl (C=O) groups is 1. The van der Waals surface area contributed by atoms with Crippen molar-refractivity contribution in [3.8, 4) is 5.75 Å². The summed E-state index contributed by atoms with van der Waals surface area (Å²) in [6.07, 6.45) is 0.373. The summed E-state index contributed by atoms with van der Waals surface area (Å²) in [6, 6.07) is 18.9. The van der Waals surface area contributed by atoms with E-state index in [0.717, 1.165) is 29.2 Å². The van der Waals surface area contributed by atoms with Gasteiger partial charge in [-0.05, 0) is 48.4 Å². The molecule has 0 radical (unpaired) electrons. The van der Waals surface area contributed by atoms with Crippen LogP contribution in [0, 0.1) is 21.8 Å². The largest absolute Gasteiger partial charge is 0.497 e. The number of fused-ring (bicyclic) bond motifs is 3. The minimum Gasteiger partial charge on any atom is -0.497 e. The first-order valence-corrected chi connectivity index (χ1v) is 11.9. The number of nitrogens with zero attached hydrogens (tertiary/aromatic N) is 3. The topological polar surface area (TPSA) is 87.9 Å². The van der Waals surface area contributed by atoms with Gasteiger partial charge in [0, 0.05) is 55.2 Å². The molecule has 0 saturated carbocycles. The summed E-state index contributed by atoms with van der Waals surface area (Å²) in [5, 5.41) is 14.3. The number of nitrogens with one attached hydrogen (secondary N) is 1. The highest BCUT2D eigenvalue weighted by Gasteiger charge is 2.42. The van der Waals surface area contributed by atoms with Gasteiger partial charge in [-0.1, -0.05) is 18.2 Å². The molecule has 1 saturated heterocycles. The van der Waals surface area contributed by atoms with Gasteiger partial charge in [0.1, 0.15) is 11.6 Å². The third-order valence-corrected chi connectivity index (χ3v) is 7.09. The molecule has 5 rings (SSSR count). The molecule has 3 aromatic carbocycles. The van der Waals surface area contributed by atoms with Crippen LogP contribution in [0.3, 0.4) is 0 Å². The van der Waals surface area contributed by atoms with E-state index in [0.29, 0.717) is 25.1 Å². The first kappa shape index (κ1) is 23.6. The summed E-state index contributed by atoms with van der Waals surface area (Å²) in [5.41, 5.74) is 3.17. The normalized spacial score (nSPS) is 18.7. The lowest BCUT2D eigenvalue weighted by atomic mass is 9.83. The zero-order valence-electron chi connectivity index (χ0n) is 19.9. The van der Waals surface area contributed by atoms with E-state index in [1.165, 1.54) is 12.1 Å². The summed E-state index contributed by atoms with van der Waals surface area (Å²) in [5.74, 6) is -0.238. The molecule has 9 heteroatoms. The minimum atomic E-state index is -0.452. The summed E-state index contributed by atoms with van der Waals surface area (Å²) < 4.78 is 19.4. The van der Waals surface area contributed by atoms with Gasteiger partial charge in [-0.3, -0.25) is 14.9 Å². The maximum atomic E-state index is 14.1. The Bertz CT molecular complexity index is 1280. The molecule has 0 spiro atoms. The first-order valence-electron chi connectivity index (χ1n) is 11.9. The molecule has 2 atom stereocenters. The fourth-order valence-corrected chi connectivity index (χ4v) is 5.21. The highest BCUT2D eigenvalue weighted by Crippen LogP contribution is 2.38. The predicted octanol–water partition coefficient (Wildman–Crippen LogP) is 3.93. The second-order valence-corrected chi connectivity index (χ2v) is 9.09. The average Bonchev–Trinajstić information content (AvgIpc) is 2.91. The lowest BCUT2D eigenvalue weighted by Gasteiger charge is -2.49. The molecule has 1 N–H and O–H groups in total. The Labute approximate surface area is 208 Å². The van der Waals surface area contributed by atoms with Crippen molar-refractivity contribution in [3.05, 3.63) is 93.8 Å². The molecule has 36 heavy (non-hydrogen) atoms. The second kappa shape index (κ2) is 9.85. The predicted molar refractivity (Wildman–Crippen MR) is 135 cm³/mol. The Morgan fingerprint density at radius 1 is 1.14 bits per heavy atom. The lowest BCUT2D eigenvalue weighted by molar-refractivity contribution is -0.384. The Morgan fingerprint density at radius 3 is 2.64 bits per heavy atom. The van der Waals surface area contributed by atoms with Crippen molar-refractivity contribution in [2.75, 3.05) is 36.5 Å². The van der Waals surface area contributed by atoms with Gasteiger partial charge in [0.15, 0.2) is 0 Å². The van der Waals surface area contributed by atoms with E-state index in [1.54, 1.807) is 37.4 Å². The number of methoxy groups -OCH3 is 1. The molecule has 0 bridgehead atoms. The Balaban J connectivity index is 1.43. The van der Waals surface area contributed by atoms with Crippen LogP contribution < -0.4 is 19.9 Å². The van der Waals surface area contributed by atoms with Crippen molar-refractivity contribution in [2.24, 2.45) is 5.92 Å². The molecule has 0 aromatic heterocycles. The molecule has 2 aliphatic heterocycles. The Morgan fingerprint density at radius 2 is 1.92 bits per heavy atom. The van der Waals surface area contributed by atoms with Crippen molar-refractivity contribution >= 4 is 23.0 Å². The van der Waals surface area contributed by atoms with E-state index in [9.17, 15) is 19.3 Å². The van der Waals surface area contributed by atoms with Gasteiger partial charge in [0.25, 0.3) is 5.69 Å². The third kappa shape index (κ3) is 4.56. The Hall–Kier alpha value is -4.14. The molecule has 2 aliphatic rings. The van der Waals surface area contributed by atoms with Crippen molar-refractivity contribution in [3.63, 3.8) is 0 Å². The molecule has 3 aromatic rings. The van der Waals surface area contributed by atoms with E-state index >= 15 is 0 Å². The van der Waals surface area contributed by atoms with Crippen LogP contribution in [0.5, 0.6) is 5.75 Å². The van der Waals surface area contributed by atoms with E-state index in [-0.39, 0.29) is 30.0 Å². The van der Waals surface area contributed by atoms with E-state index < -0.39 is 10.8 Å². The highest BCUT2D eigenvalue weighted by molar-refractivity contribution is 5.82. The maximum absolute atomic E-state index is 14.1. The van der Waals surface area contributed by atoms with Gasteiger partial charge in [0.05, 0.1) is 24.0 Å². The van der Waals surface area contributed by atoms with Crippen LogP contribution in [-0.2, 0) is 17.8 Å². The smallest absolute Gasteiger partial charge is 0.269 e. The van der Waals surface area contributed by atoms with Crippen molar-refractivity contribution in [1.29, 1.82) is 0 Å². The number of non-ortho nitro benzene ring substituents is 1. The highest BCUT2D eigenvalue weighted by atomic mass is 19.1. The van der Waals surface area contributed by atoms with Crippen LogP contribution in [-0.4, -0.2) is 43.6 Å². The van der Waals surface area contributed by atoms with Gasteiger partial charge in [-0.2, -0.15) is 0 Å². The van der Waals surface area contributed by atoms with Crippen molar-refractivity contribution in [1.82, 2.24) is 5.32 Å². The van der Waals surface area contributed by atoms with Crippen LogP contribution in [0.4, 0.5) is 21.5 Å². The number of rotatable bonds is 6. The number of anilines is 2. The van der Waals surface area contributed by atoms with E-state index in [2.05, 4.69) is 15.1 Å². The lowest BCUT2D eigenvalue weighted by Crippen LogP contribution is -2.61. The zero-order valence-corrected chi connectivity index (χ0v) is 19.9. The van der Waals surface area contributed by atoms with Crippen LogP contribution >= 0.6 is 0 Å². The summed E-state index contributed by atoms with van der Waals surface area (Å²) in [4.78, 5) is 28.9. The molecule has 1 amide bonds. The van der Waals surface area contributed by atoms with E-state index in [4.69, 9.17) is 4.74 Å². The van der Waals surface area contributed by atoms with Gasteiger partial charge >= 0.3 is 0 Å². The minimum absolute atomic E-state index is 0.00887. The zero-order chi connectivity index (χ0) is 25.2. The van der Waals surface area contributed by atoms with Crippen LogP contribution in [0.1, 0.15) is 11.1 Å². The average molecular weight is 491 g/mol. The molecule has 0 unspecified atom stereocenters. The Kier molecular flexibility index (Phi) is 6.45. The number of nitro benzene ring substituents is 1.